The molecule has 1 unspecified atom stereocenters. The zero-order valence-electron chi connectivity index (χ0n) is 18.4. The Bertz CT molecular complexity index is 987. The van der Waals surface area contributed by atoms with Crippen molar-refractivity contribution in [3.63, 3.8) is 0 Å². The maximum Gasteiger partial charge on any atom is 0.324 e. The lowest BCUT2D eigenvalue weighted by atomic mass is 9.95. The third kappa shape index (κ3) is 3.96. The van der Waals surface area contributed by atoms with Crippen molar-refractivity contribution in [3.8, 4) is 11.5 Å². The van der Waals surface area contributed by atoms with Gasteiger partial charge >= 0.3 is 6.03 Å². The number of ether oxygens (including phenoxy) is 2. The minimum atomic E-state index is -0.410. The molecule has 2 aliphatic rings. The van der Waals surface area contributed by atoms with Crippen LogP contribution >= 0.6 is 0 Å². The van der Waals surface area contributed by atoms with E-state index in [1.165, 1.54) is 4.90 Å². The molecule has 166 valence electrons. The van der Waals surface area contributed by atoms with Crippen LogP contribution in [0.1, 0.15) is 26.7 Å². The number of amides is 3. The molecule has 1 aromatic carbocycles. The summed E-state index contributed by atoms with van der Waals surface area (Å²) in [5, 5.41) is 3.72. The van der Waals surface area contributed by atoms with Crippen LogP contribution in [0.5, 0.6) is 11.5 Å². The molecule has 3 amide bonds. The molecule has 2 aromatic rings. The largest absolute Gasteiger partial charge is 0.493 e. The normalized spacial score (nSPS) is 20.0. The Kier molecular flexibility index (Phi) is 5.84. The fourth-order valence-corrected chi connectivity index (χ4v) is 4.37. The van der Waals surface area contributed by atoms with Crippen molar-refractivity contribution >= 4 is 28.7 Å². The number of rotatable bonds is 6. The molecule has 2 fully saturated rings. The van der Waals surface area contributed by atoms with Gasteiger partial charge in [0.2, 0.25) is 0 Å². The highest BCUT2D eigenvalue weighted by Gasteiger charge is 2.40. The fourth-order valence-electron chi connectivity index (χ4n) is 4.37. The average molecular weight is 428 g/mol. The topological polar surface area (TPSA) is 96.9 Å². The zero-order chi connectivity index (χ0) is 22.1. The first-order valence-corrected chi connectivity index (χ1v) is 10.7. The van der Waals surface area contributed by atoms with E-state index in [-0.39, 0.29) is 23.8 Å². The number of fused-ring (bicyclic) bond motifs is 1. The maximum absolute atomic E-state index is 12.6. The molecule has 31 heavy (non-hydrogen) atoms. The van der Waals surface area contributed by atoms with Gasteiger partial charge in [0.25, 0.3) is 5.91 Å². The first kappa shape index (κ1) is 21.1. The third-order valence-corrected chi connectivity index (χ3v) is 6.20. The van der Waals surface area contributed by atoms with Gasteiger partial charge in [-0.1, -0.05) is 13.8 Å². The van der Waals surface area contributed by atoms with E-state index in [0.717, 1.165) is 42.7 Å². The second-order valence-corrected chi connectivity index (χ2v) is 8.47. The van der Waals surface area contributed by atoms with Gasteiger partial charge in [-0.25, -0.2) is 14.8 Å². The zero-order valence-corrected chi connectivity index (χ0v) is 18.4. The van der Waals surface area contributed by atoms with Crippen LogP contribution in [0.25, 0.3) is 10.9 Å². The summed E-state index contributed by atoms with van der Waals surface area (Å²) < 4.78 is 10.8. The van der Waals surface area contributed by atoms with E-state index in [1.807, 2.05) is 26.0 Å². The predicted octanol–water partition coefficient (Wildman–Crippen LogP) is 2.44. The molecule has 0 radical (unpaired) electrons. The molecule has 9 heteroatoms. The van der Waals surface area contributed by atoms with E-state index in [1.54, 1.807) is 20.5 Å². The molecular weight excluding hydrogens is 398 g/mol. The number of urea groups is 1. The van der Waals surface area contributed by atoms with Crippen LogP contribution in [0.2, 0.25) is 0 Å². The Balaban J connectivity index is 1.46. The third-order valence-electron chi connectivity index (χ3n) is 6.20. The molecule has 2 aliphatic heterocycles. The fraction of sp³-hybridized carbons (Fsp3) is 0.545. The molecule has 1 atom stereocenters. The highest BCUT2D eigenvalue weighted by atomic mass is 16.5. The molecule has 0 bridgehead atoms. The monoisotopic (exact) mass is 427 g/mol. The van der Waals surface area contributed by atoms with Crippen LogP contribution in [-0.4, -0.2) is 66.7 Å². The van der Waals surface area contributed by atoms with E-state index in [9.17, 15) is 9.59 Å². The summed E-state index contributed by atoms with van der Waals surface area (Å²) in [5.41, 5.74) is 0.795. The van der Waals surface area contributed by atoms with Gasteiger partial charge in [-0.3, -0.25) is 9.69 Å². The Morgan fingerprint density at radius 3 is 2.39 bits per heavy atom. The summed E-state index contributed by atoms with van der Waals surface area (Å²) in [4.78, 5) is 37.4. The number of aromatic nitrogens is 2. The van der Waals surface area contributed by atoms with E-state index < -0.39 is 6.04 Å². The number of piperidine rings is 1. The van der Waals surface area contributed by atoms with Crippen molar-refractivity contribution in [2.45, 2.75) is 32.7 Å². The Labute approximate surface area is 181 Å². The Hall–Kier alpha value is -3.10. The number of benzene rings is 1. The second kappa shape index (κ2) is 8.56. The van der Waals surface area contributed by atoms with E-state index >= 15 is 0 Å². The van der Waals surface area contributed by atoms with Crippen molar-refractivity contribution in [2.75, 3.05) is 38.8 Å². The number of hydrogen-bond acceptors (Lipinski definition) is 7. The number of hydrogen-bond donors (Lipinski definition) is 1. The van der Waals surface area contributed by atoms with Gasteiger partial charge in [-0.15, -0.1) is 0 Å². The van der Waals surface area contributed by atoms with Crippen LogP contribution in [0.3, 0.4) is 0 Å². The van der Waals surface area contributed by atoms with Gasteiger partial charge < -0.3 is 19.7 Å². The van der Waals surface area contributed by atoms with Crippen LogP contribution in [0.4, 0.5) is 10.6 Å². The lowest BCUT2D eigenvalue weighted by Gasteiger charge is -2.34. The van der Waals surface area contributed by atoms with Gasteiger partial charge in [-0.2, -0.15) is 0 Å². The van der Waals surface area contributed by atoms with Crippen LogP contribution in [-0.2, 0) is 4.79 Å². The minimum Gasteiger partial charge on any atom is -0.493 e. The number of imide groups is 1. The number of nitrogens with one attached hydrogen (secondary N) is 1. The molecule has 3 heterocycles. The second-order valence-electron chi connectivity index (χ2n) is 8.47. The molecular formula is C22H29N5O4. The maximum atomic E-state index is 12.6. The smallest absolute Gasteiger partial charge is 0.324 e. The molecule has 2 saturated heterocycles. The summed E-state index contributed by atoms with van der Waals surface area (Å²) >= 11 is 0. The van der Waals surface area contributed by atoms with Gasteiger partial charge in [0.1, 0.15) is 18.2 Å². The first-order valence-electron chi connectivity index (χ1n) is 10.7. The molecule has 0 spiro atoms. The highest BCUT2D eigenvalue weighted by molar-refractivity contribution is 6.04. The van der Waals surface area contributed by atoms with Gasteiger partial charge in [0.05, 0.1) is 19.7 Å². The van der Waals surface area contributed by atoms with Crippen molar-refractivity contribution < 1.29 is 19.1 Å². The number of nitrogens with zero attached hydrogens (tertiary/aromatic N) is 4. The molecule has 9 nitrogen and oxygen atoms in total. The summed E-state index contributed by atoms with van der Waals surface area (Å²) in [6.07, 6.45) is 3.32. The first-order chi connectivity index (χ1) is 14.9. The molecule has 0 saturated carbocycles. The number of carbonyl (C=O) groups excluding carboxylic acids is 2. The Morgan fingerprint density at radius 1 is 1.10 bits per heavy atom. The van der Waals surface area contributed by atoms with Crippen molar-refractivity contribution in [3.05, 3.63) is 18.5 Å². The number of methoxy groups -OCH3 is 2. The molecule has 4 rings (SSSR count). The standard InChI is InChI=1S/C22H29N5O4/c1-13(2)19-21(28)27(22(29)25-19)11-14-5-7-26(8-6-14)20-15-9-17(30-3)18(31-4)10-16(15)23-12-24-20/h9-10,12-14,19H,5-8,11H2,1-4H3,(H,25,29). The van der Waals surface area contributed by atoms with Gasteiger partial charge in [0.15, 0.2) is 11.5 Å². The number of anilines is 1. The minimum absolute atomic E-state index is 0.0879. The van der Waals surface area contributed by atoms with E-state index in [2.05, 4.69) is 20.2 Å². The molecule has 1 aromatic heterocycles. The summed E-state index contributed by atoms with van der Waals surface area (Å²) in [6.45, 7) is 5.95. The van der Waals surface area contributed by atoms with Gasteiger partial charge in [0, 0.05) is 31.1 Å². The Morgan fingerprint density at radius 2 is 1.77 bits per heavy atom. The lowest BCUT2D eigenvalue weighted by molar-refractivity contribution is -0.128. The van der Waals surface area contributed by atoms with Crippen molar-refractivity contribution in [1.82, 2.24) is 20.2 Å². The summed E-state index contributed by atoms with van der Waals surface area (Å²) in [6, 6.07) is 3.09. The molecule has 1 N–H and O–H groups in total. The van der Waals surface area contributed by atoms with Gasteiger partial charge in [-0.05, 0) is 30.7 Å². The van der Waals surface area contributed by atoms with E-state index in [4.69, 9.17) is 9.47 Å². The lowest BCUT2D eigenvalue weighted by Crippen LogP contribution is -2.41. The SMILES string of the molecule is COc1cc2ncnc(N3CCC(CN4C(=O)NC(C(C)C)C4=O)CC3)c2cc1OC. The van der Waals surface area contributed by atoms with Crippen molar-refractivity contribution in [2.24, 2.45) is 11.8 Å². The van der Waals surface area contributed by atoms with Crippen LogP contribution < -0.4 is 19.7 Å². The average Bonchev–Trinajstić information content (AvgIpc) is 3.06. The summed E-state index contributed by atoms with van der Waals surface area (Å²) in [5.74, 6) is 2.39. The van der Waals surface area contributed by atoms with Crippen molar-refractivity contribution in [1.29, 1.82) is 0 Å². The van der Waals surface area contributed by atoms with Crippen LogP contribution in [0.15, 0.2) is 18.5 Å². The quantitative estimate of drug-likeness (QED) is 0.707. The number of carbonyl (C=O) groups is 2. The van der Waals surface area contributed by atoms with Crippen LogP contribution in [0, 0.1) is 11.8 Å². The highest BCUT2D eigenvalue weighted by Crippen LogP contribution is 2.35. The summed E-state index contributed by atoms with van der Waals surface area (Å²) in [7, 11) is 3.21. The predicted molar refractivity (Wildman–Crippen MR) is 116 cm³/mol. The van der Waals surface area contributed by atoms with E-state index in [0.29, 0.717) is 18.0 Å². The molecule has 0 aliphatic carbocycles.